The van der Waals surface area contributed by atoms with E-state index >= 15 is 0 Å². The van der Waals surface area contributed by atoms with E-state index in [0.29, 0.717) is 11.2 Å². The Morgan fingerprint density at radius 3 is 2.65 bits per heavy atom. The molecule has 1 aromatic carbocycles. The molecular formula is C14H11N3O3. The van der Waals surface area contributed by atoms with E-state index in [9.17, 15) is 9.59 Å². The van der Waals surface area contributed by atoms with Gasteiger partial charge in [0, 0.05) is 18.0 Å². The highest BCUT2D eigenvalue weighted by Crippen LogP contribution is 2.17. The number of aliphatic carboxylic acids is 1. The topological polar surface area (TPSA) is 76.6 Å². The van der Waals surface area contributed by atoms with Gasteiger partial charge in [0.05, 0.1) is 5.69 Å². The minimum Gasteiger partial charge on any atom is -0.480 e. The molecule has 0 unspecified atom stereocenters. The highest BCUT2D eigenvalue weighted by molar-refractivity contribution is 5.67. The van der Waals surface area contributed by atoms with Crippen LogP contribution in [-0.2, 0) is 11.3 Å². The Kier molecular flexibility index (Phi) is 2.83. The molecule has 0 aliphatic carbocycles. The van der Waals surface area contributed by atoms with Crippen molar-refractivity contribution < 1.29 is 9.90 Å². The van der Waals surface area contributed by atoms with Crippen molar-refractivity contribution in [3.63, 3.8) is 0 Å². The maximum absolute atomic E-state index is 12.1. The zero-order valence-corrected chi connectivity index (χ0v) is 10.4. The third-order valence-corrected chi connectivity index (χ3v) is 2.98. The summed E-state index contributed by atoms with van der Waals surface area (Å²) < 4.78 is 2.61. The van der Waals surface area contributed by atoms with Gasteiger partial charge in [-0.2, -0.15) is 5.10 Å². The highest BCUT2D eigenvalue weighted by atomic mass is 16.4. The monoisotopic (exact) mass is 269 g/mol. The summed E-state index contributed by atoms with van der Waals surface area (Å²) in [5, 5.41) is 13.1. The first-order valence-electron chi connectivity index (χ1n) is 6.01. The van der Waals surface area contributed by atoms with Gasteiger partial charge in [0.15, 0.2) is 0 Å². The summed E-state index contributed by atoms with van der Waals surface area (Å²) in [5.74, 6) is -1.06. The Labute approximate surface area is 113 Å². The smallest absolute Gasteiger partial charge is 0.323 e. The maximum atomic E-state index is 12.1. The molecule has 3 rings (SSSR count). The lowest BCUT2D eigenvalue weighted by atomic mass is 10.1. The Balaban J connectivity index is 2.15. The summed E-state index contributed by atoms with van der Waals surface area (Å²) in [7, 11) is 0. The van der Waals surface area contributed by atoms with Gasteiger partial charge in [-0.3, -0.25) is 9.59 Å². The molecule has 0 bridgehead atoms. The standard InChI is InChI=1S/C14H11N3O3/c18-13(19)9-16-6-7-17-12(14(16)20)8-11(15-17)10-4-2-1-3-5-10/h1-8H,9H2,(H,18,19). The number of aromatic nitrogens is 3. The Bertz CT molecular complexity index is 834. The molecule has 2 heterocycles. The number of nitrogens with zero attached hydrogens (tertiary/aromatic N) is 3. The number of hydrogen-bond acceptors (Lipinski definition) is 3. The van der Waals surface area contributed by atoms with Crippen LogP contribution in [0.15, 0.2) is 53.6 Å². The molecule has 0 atom stereocenters. The Morgan fingerprint density at radius 1 is 1.20 bits per heavy atom. The highest BCUT2D eigenvalue weighted by Gasteiger charge is 2.10. The van der Waals surface area contributed by atoms with Crippen LogP contribution in [0.4, 0.5) is 0 Å². The van der Waals surface area contributed by atoms with Crippen LogP contribution in [0.25, 0.3) is 16.8 Å². The lowest BCUT2D eigenvalue weighted by Gasteiger charge is -2.01. The van der Waals surface area contributed by atoms with E-state index in [1.807, 2.05) is 30.3 Å². The van der Waals surface area contributed by atoms with E-state index in [1.54, 1.807) is 12.3 Å². The second kappa shape index (κ2) is 4.65. The molecule has 0 saturated carbocycles. The van der Waals surface area contributed by atoms with Gasteiger partial charge in [0.1, 0.15) is 12.1 Å². The average molecular weight is 269 g/mol. The predicted octanol–water partition coefficient (Wildman–Crippen LogP) is 1.25. The van der Waals surface area contributed by atoms with Crippen molar-refractivity contribution in [2.45, 2.75) is 6.54 Å². The van der Waals surface area contributed by atoms with Crippen LogP contribution in [0.3, 0.4) is 0 Å². The molecule has 2 aromatic heterocycles. The first kappa shape index (κ1) is 12.2. The van der Waals surface area contributed by atoms with Crippen molar-refractivity contribution >= 4 is 11.5 Å². The van der Waals surface area contributed by atoms with E-state index in [0.717, 1.165) is 10.1 Å². The zero-order valence-electron chi connectivity index (χ0n) is 10.4. The molecule has 1 N–H and O–H groups in total. The molecule has 6 heteroatoms. The number of hydrogen-bond donors (Lipinski definition) is 1. The molecule has 0 amide bonds. The van der Waals surface area contributed by atoms with E-state index < -0.39 is 5.97 Å². The summed E-state index contributed by atoms with van der Waals surface area (Å²) in [6, 6.07) is 11.1. The second-order valence-corrected chi connectivity index (χ2v) is 4.35. The third kappa shape index (κ3) is 2.07. The van der Waals surface area contributed by atoms with Gasteiger partial charge in [-0.05, 0) is 6.07 Å². The van der Waals surface area contributed by atoms with Crippen LogP contribution in [0, 0.1) is 0 Å². The molecule has 0 aliphatic heterocycles. The summed E-state index contributed by atoms with van der Waals surface area (Å²) in [6.45, 7) is -0.360. The second-order valence-electron chi connectivity index (χ2n) is 4.35. The van der Waals surface area contributed by atoms with Gasteiger partial charge in [0.25, 0.3) is 5.56 Å². The van der Waals surface area contributed by atoms with E-state index in [4.69, 9.17) is 5.11 Å². The first-order chi connectivity index (χ1) is 9.65. The summed E-state index contributed by atoms with van der Waals surface area (Å²) in [4.78, 5) is 22.8. The minimum atomic E-state index is -1.06. The lowest BCUT2D eigenvalue weighted by Crippen LogP contribution is -2.24. The molecular weight excluding hydrogens is 258 g/mol. The number of rotatable bonds is 3. The fourth-order valence-electron chi connectivity index (χ4n) is 2.05. The number of carboxylic acids is 1. The number of carboxylic acid groups (broad SMARTS) is 1. The molecule has 20 heavy (non-hydrogen) atoms. The molecule has 0 spiro atoms. The fourth-order valence-corrected chi connectivity index (χ4v) is 2.05. The van der Waals surface area contributed by atoms with Crippen molar-refractivity contribution in [2.24, 2.45) is 0 Å². The van der Waals surface area contributed by atoms with Crippen molar-refractivity contribution in [3.05, 3.63) is 59.1 Å². The third-order valence-electron chi connectivity index (χ3n) is 2.98. The molecule has 3 aromatic rings. The predicted molar refractivity (Wildman–Crippen MR) is 72.5 cm³/mol. The van der Waals surface area contributed by atoms with Crippen LogP contribution in [0.2, 0.25) is 0 Å². The Morgan fingerprint density at radius 2 is 1.95 bits per heavy atom. The summed E-state index contributed by atoms with van der Waals surface area (Å²) >= 11 is 0. The van der Waals surface area contributed by atoms with Crippen molar-refractivity contribution in [3.8, 4) is 11.3 Å². The van der Waals surface area contributed by atoms with Crippen molar-refractivity contribution in [1.82, 2.24) is 14.2 Å². The van der Waals surface area contributed by atoms with Crippen LogP contribution in [0.5, 0.6) is 0 Å². The maximum Gasteiger partial charge on any atom is 0.323 e. The summed E-state index contributed by atoms with van der Waals surface area (Å²) in [5.41, 5.74) is 1.56. The van der Waals surface area contributed by atoms with E-state index in [-0.39, 0.29) is 12.1 Å². The normalized spacial score (nSPS) is 10.8. The van der Waals surface area contributed by atoms with Crippen LogP contribution in [0.1, 0.15) is 0 Å². The lowest BCUT2D eigenvalue weighted by molar-refractivity contribution is -0.137. The molecule has 0 fully saturated rings. The van der Waals surface area contributed by atoms with E-state index in [1.165, 1.54) is 10.7 Å². The van der Waals surface area contributed by atoms with Gasteiger partial charge in [-0.25, -0.2) is 4.52 Å². The number of carbonyl (C=O) groups is 1. The minimum absolute atomic E-state index is 0.354. The zero-order chi connectivity index (χ0) is 14.1. The number of benzene rings is 1. The van der Waals surface area contributed by atoms with Gasteiger partial charge >= 0.3 is 5.97 Å². The molecule has 0 radical (unpaired) electrons. The van der Waals surface area contributed by atoms with Gasteiger partial charge in [0.2, 0.25) is 0 Å². The van der Waals surface area contributed by atoms with Crippen LogP contribution >= 0.6 is 0 Å². The van der Waals surface area contributed by atoms with Gasteiger partial charge in [-0.15, -0.1) is 0 Å². The van der Waals surface area contributed by atoms with Gasteiger partial charge in [-0.1, -0.05) is 30.3 Å². The fraction of sp³-hybridized carbons (Fsp3) is 0.0714. The van der Waals surface area contributed by atoms with Crippen molar-refractivity contribution in [1.29, 1.82) is 0 Å². The Hall–Kier alpha value is -2.89. The first-order valence-corrected chi connectivity index (χ1v) is 6.01. The number of fused-ring (bicyclic) bond motifs is 1. The quantitative estimate of drug-likeness (QED) is 0.776. The van der Waals surface area contributed by atoms with E-state index in [2.05, 4.69) is 5.10 Å². The van der Waals surface area contributed by atoms with Crippen LogP contribution < -0.4 is 5.56 Å². The molecule has 0 aliphatic rings. The summed E-state index contributed by atoms with van der Waals surface area (Å²) in [6.07, 6.45) is 3.00. The molecule has 100 valence electrons. The van der Waals surface area contributed by atoms with Gasteiger partial charge < -0.3 is 9.67 Å². The molecule has 6 nitrogen and oxygen atoms in total. The van der Waals surface area contributed by atoms with Crippen LogP contribution in [-0.4, -0.2) is 25.3 Å². The largest absolute Gasteiger partial charge is 0.480 e. The molecule has 0 saturated heterocycles. The SMILES string of the molecule is O=C(O)Cn1ccn2nc(-c3ccccc3)cc2c1=O. The average Bonchev–Trinajstić information content (AvgIpc) is 2.87. The van der Waals surface area contributed by atoms with Crippen molar-refractivity contribution in [2.75, 3.05) is 0 Å².